The van der Waals surface area contributed by atoms with Crippen LogP contribution in [0.3, 0.4) is 0 Å². The van der Waals surface area contributed by atoms with Crippen molar-refractivity contribution in [2.24, 2.45) is 0 Å². The van der Waals surface area contributed by atoms with E-state index in [-0.39, 0.29) is 36.4 Å². The number of halogens is 1. The monoisotopic (exact) mass is 560 g/mol. The summed E-state index contributed by atoms with van der Waals surface area (Å²) < 4.78 is 5.96. The molecule has 5 nitrogen and oxygen atoms in total. The third-order valence-electron chi connectivity index (χ3n) is 7.55. The Morgan fingerprint density at radius 1 is 0.925 bits per heavy atom. The lowest BCUT2D eigenvalue weighted by Gasteiger charge is -2.33. The predicted molar refractivity (Wildman–Crippen MR) is 162 cm³/mol. The topological polar surface area (TPSA) is 58.6 Å². The Kier molecular flexibility index (Phi) is 10.3. The SMILES string of the molecule is CC(C)(C)c1ccc(OCC(=O)N(Cc2cccc(Cl)c2)[C@H](Cc2ccccc2)C(=O)NC2CCCCC2)cc1. The highest BCUT2D eigenvalue weighted by atomic mass is 35.5. The molecule has 6 heteroatoms. The average molecular weight is 561 g/mol. The summed E-state index contributed by atoms with van der Waals surface area (Å²) >= 11 is 6.29. The normalized spacial score (nSPS) is 14.8. The fourth-order valence-corrected chi connectivity index (χ4v) is 5.42. The third-order valence-corrected chi connectivity index (χ3v) is 7.78. The van der Waals surface area contributed by atoms with Crippen molar-refractivity contribution < 1.29 is 14.3 Å². The van der Waals surface area contributed by atoms with E-state index in [9.17, 15) is 9.59 Å². The van der Waals surface area contributed by atoms with E-state index in [1.165, 1.54) is 12.0 Å². The fourth-order valence-electron chi connectivity index (χ4n) is 5.21. The average Bonchev–Trinajstić information content (AvgIpc) is 2.94. The summed E-state index contributed by atoms with van der Waals surface area (Å²) in [5, 5.41) is 3.86. The Morgan fingerprint density at radius 3 is 2.25 bits per heavy atom. The Labute approximate surface area is 243 Å². The number of amides is 2. The van der Waals surface area contributed by atoms with Crippen molar-refractivity contribution in [3.63, 3.8) is 0 Å². The van der Waals surface area contributed by atoms with E-state index >= 15 is 0 Å². The lowest BCUT2D eigenvalue weighted by molar-refractivity contribution is -0.143. The number of hydrogen-bond acceptors (Lipinski definition) is 3. The van der Waals surface area contributed by atoms with Gasteiger partial charge in [0.15, 0.2) is 6.61 Å². The molecule has 1 aliphatic rings. The Hall–Kier alpha value is -3.31. The number of benzene rings is 3. The van der Waals surface area contributed by atoms with Gasteiger partial charge in [-0.25, -0.2) is 0 Å². The molecule has 212 valence electrons. The first-order valence-electron chi connectivity index (χ1n) is 14.3. The second-order valence-corrected chi connectivity index (χ2v) is 12.2. The largest absolute Gasteiger partial charge is 0.484 e. The minimum atomic E-state index is -0.692. The van der Waals surface area contributed by atoms with E-state index in [1.807, 2.05) is 72.8 Å². The number of ether oxygens (including phenoxy) is 1. The van der Waals surface area contributed by atoms with Gasteiger partial charge in [0.25, 0.3) is 5.91 Å². The van der Waals surface area contributed by atoms with Crippen LogP contribution >= 0.6 is 11.6 Å². The van der Waals surface area contributed by atoms with E-state index in [4.69, 9.17) is 16.3 Å². The van der Waals surface area contributed by atoms with Crippen molar-refractivity contribution in [3.8, 4) is 5.75 Å². The molecule has 3 aromatic rings. The molecular formula is C34H41ClN2O3. The van der Waals surface area contributed by atoms with Crippen molar-refractivity contribution in [1.29, 1.82) is 0 Å². The van der Waals surface area contributed by atoms with Gasteiger partial charge in [-0.2, -0.15) is 0 Å². The number of carbonyl (C=O) groups excluding carboxylic acids is 2. The third kappa shape index (κ3) is 8.59. The number of nitrogens with zero attached hydrogens (tertiary/aromatic N) is 1. The molecule has 0 saturated heterocycles. The molecule has 1 atom stereocenters. The van der Waals surface area contributed by atoms with Gasteiger partial charge in [0.1, 0.15) is 11.8 Å². The summed E-state index contributed by atoms with van der Waals surface area (Å²) in [5.41, 5.74) is 3.07. The molecule has 2 amide bonds. The van der Waals surface area contributed by atoms with Gasteiger partial charge in [0.2, 0.25) is 5.91 Å². The summed E-state index contributed by atoms with van der Waals surface area (Å²) in [6.07, 6.45) is 5.78. The molecular weight excluding hydrogens is 520 g/mol. The molecule has 1 saturated carbocycles. The highest BCUT2D eigenvalue weighted by Gasteiger charge is 2.32. The number of rotatable bonds is 10. The Bertz CT molecular complexity index is 1250. The quantitative estimate of drug-likeness (QED) is 0.287. The maximum absolute atomic E-state index is 13.9. The highest BCUT2D eigenvalue weighted by molar-refractivity contribution is 6.30. The first-order chi connectivity index (χ1) is 19.2. The summed E-state index contributed by atoms with van der Waals surface area (Å²) in [5.74, 6) is 0.246. The van der Waals surface area contributed by atoms with Crippen LogP contribution in [0.15, 0.2) is 78.9 Å². The van der Waals surface area contributed by atoms with E-state index in [1.54, 1.807) is 11.0 Å². The molecule has 0 bridgehead atoms. The number of hydrogen-bond donors (Lipinski definition) is 1. The van der Waals surface area contributed by atoms with Gasteiger partial charge in [0.05, 0.1) is 0 Å². The lowest BCUT2D eigenvalue weighted by atomic mass is 9.87. The molecule has 1 aliphatic carbocycles. The molecule has 40 heavy (non-hydrogen) atoms. The van der Waals surface area contributed by atoms with Crippen LogP contribution in [0.1, 0.15) is 69.6 Å². The van der Waals surface area contributed by atoms with Crippen LogP contribution < -0.4 is 10.1 Å². The molecule has 0 spiro atoms. The van der Waals surface area contributed by atoms with Crippen molar-refractivity contribution >= 4 is 23.4 Å². The van der Waals surface area contributed by atoms with Gasteiger partial charge >= 0.3 is 0 Å². The van der Waals surface area contributed by atoms with Gasteiger partial charge in [-0.3, -0.25) is 9.59 Å². The minimum Gasteiger partial charge on any atom is -0.484 e. The van der Waals surface area contributed by atoms with Crippen molar-refractivity contribution in [3.05, 3.63) is 101 Å². The van der Waals surface area contributed by atoms with Crippen LogP contribution in [0, 0.1) is 0 Å². The summed E-state index contributed by atoms with van der Waals surface area (Å²) in [6, 6.07) is 24.6. The van der Waals surface area contributed by atoms with Crippen LogP contribution in [0.4, 0.5) is 0 Å². The second kappa shape index (κ2) is 13.8. The molecule has 4 rings (SSSR count). The highest BCUT2D eigenvalue weighted by Crippen LogP contribution is 2.25. The van der Waals surface area contributed by atoms with Crippen LogP contribution in [0.2, 0.25) is 5.02 Å². The summed E-state index contributed by atoms with van der Waals surface area (Å²) in [6.45, 7) is 6.56. The van der Waals surface area contributed by atoms with E-state index in [0.717, 1.165) is 36.8 Å². The Balaban J connectivity index is 1.59. The number of carbonyl (C=O) groups is 2. The van der Waals surface area contributed by atoms with E-state index < -0.39 is 6.04 Å². The zero-order valence-electron chi connectivity index (χ0n) is 23.9. The van der Waals surface area contributed by atoms with E-state index in [2.05, 4.69) is 26.1 Å². The number of nitrogens with one attached hydrogen (secondary N) is 1. The first kappa shape index (κ1) is 29.7. The molecule has 3 aromatic carbocycles. The standard InChI is InChI=1S/C34H41ClN2O3/c1-34(2,3)27-17-19-30(20-18-27)40-24-32(38)37(23-26-13-10-14-28(35)21-26)31(22-25-11-6-4-7-12-25)33(39)36-29-15-8-5-9-16-29/h4,6-7,10-14,17-21,29,31H,5,8-9,15-16,22-24H2,1-3H3,(H,36,39)/t31-/m1/s1. The van der Waals surface area contributed by atoms with Gasteiger partial charge in [-0.1, -0.05) is 106 Å². The van der Waals surface area contributed by atoms with Gasteiger partial charge < -0.3 is 15.0 Å². The van der Waals surface area contributed by atoms with E-state index in [0.29, 0.717) is 17.2 Å². The summed E-state index contributed by atoms with van der Waals surface area (Å²) in [4.78, 5) is 29.4. The molecule has 1 fully saturated rings. The molecule has 0 aromatic heterocycles. The van der Waals surface area contributed by atoms with Crippen LogP contribution in [-0.2, 0) is 28.0 Å². The molecule has 1 N–H and O–H groups in total. The maximum atomic E-state index is 13.9. The zero-order chi connectivity index (χ0) is 28.5. The maximum Gasteiger partial charge on any atom is 0.261 e. The lowest BCUT2D eigenvalue weighted by Crippen LogP contribution is -2.53. The van der Waals surface area contributed by atoms with Gasteiger partial charge in [-0.05, 0) is 59.2 Å². The van der Waals surface area contributed by atoms with Crippen LogP contribution in [-0.4, -0.2) is 35.4 Å². The zero-order valence-corrected chi connectivity index (χ0v) is 24.6. The molecule has 0 heterocycles. The first-order valence-corrected chi connectivity index (χ1v) is 14.7. The predicted octanol–water partition coefficient (Wildman–Crippen LogP) is 7.11. The molecule has 0 radical (unpaired) electrons. The Morgan fingerprint density at radius 2 is 1.60 bits per heavy atom. The van der Waals surface area contributed by atoms with Gasteiger partial charge in [0, 0.05) is 24.0 Å². The smallest absolute Gasteiger partial charge is 0.261 e. The van der Waals surface area contributed by atoms with Crippen molar-refractivity contribution in [1.82, 2.24) is 10.2 Å². The molecule has 0 unspecified atom stereocenters. The van der Waals surface area contributed by atoms with Crippen LogP contribution in [0.5, 0.6) is 5.75 Å². The minimum absolute atomic E-state index is 0.0263. The molecule has 0 aliphatic heterocycles. The van der Waals surface area contributed by atoms with Gasteiger partial charge in [-0.15, -0.1) is 0 Å². The fraction of sp³-hybridized carbons (Fsp3) is 0.412. The van der Waals surface area contributed by atoms with Crippen molar-refractivity contribution in [2.75, 3.05) is 6.61 Å². The second-order valence-electron chi connectivity index (χ2n) is 11.8. The van der Waals surface area contributed by atoms with Crippen molar-refractivity contribution in [2.45, 2.75) is 83.3 Å². The summed E-state index contributed by atoms with van der Waals surface area (Å²) in [7, 11) is 0. The van der Waals surface area contributed by atoms with Crippen LogP contribution in [0.25, 0.3) is 0 Å².